The molecule has 1 aliphatic heterocycles. The Morgan fingerprint density at radius 3 is 3.10 bits per heavy atom. The van der Waals surface area contributed by atoms with Gasteiger partial charge in [-0.2, -0.15) is 0 Å². The lowest BCUT2D eigenvalue weighted by Gasteiger charge is -2.22. The fourth-order valence-electron chi connectivity index (χ4n) is 2.21. The molecule has 1 aromatic heterocycles. The van der Waals surface area contributed by atoms with E-state index in [2.05, 4.69) is 4.98 Å². The number of aromatic nitrogens is 1. The smallest absolute Gasteiger partial charge is 0.251 e. The molecule has 5 nitrogen and oxygen atoms in total. The van der Waals surface area contributed by atoms with Gasteiger partial charge >= 0.3 is 0 Å². The molecule has 20 heavy (non-hydrogen) atoms. The van der Waals surface area contributed by atoms with Gasteiger partial charge in [0.2, 0.25) is 0 Å². The molecule has 0 N–H and O–H groups in total. The van der Waals surface area contributed by atoms with Gasteiger partial charge in [0.25, 0.3) is 5.91 Å². The lowest BCUT2D eigenvalue weighted by Crippen LogP contribution is -2.37. The maximum atomic E-state index is 12.2. The third-order valence-electron chi connectivity index (χ3n) is 3.35. The van der Waals surface area contributed by atoms with E-state index in [0.717, 1.165) is 30.2 Å². The Labute approximate surface area is 123 Å². The fraction of sp³-hybridized carbons (Fsp3) is 0.714. The molecule has 6 heteroatoms. The Morgan fingerprint density at radius 2 is 2.50 bits per heavy atom. The van der Waals surface area contributed by atoms with Gasteiger partial charge in [-0.05, 0) is 26.7 Å². The van der Waals surface area contributed by atoms with Crippen molar-refractivity contribution in [1.82, 2.24) is 9.88 Å². The number of amides is 1. The van der Waals surface area contributed by atoms with Crippen molar-refractivity contribution in [2.75, 3.05) is 20.3 Å². The molecule has 1 amide bonds. The number of aryl methyl sites for hydroxylation is 1. The normalized spacial score (nSPS) is 20.1. The lowest BCUT2D eigenvalue weighted by molar-refractivity contribution is -0.143. The van der Waals surface area contributed by atoms with Crippen LogP contribution in [0, 0.1) is 6.92 Å². The molecule has 1 aromatic rings. The van der Waals surface area contributed by atoms with Crippen LogP contribution in [-0.2, 0) is 20.8 Å². The van der Waals surface area contributed by atoms with Crippen molar-refractivity contribution in [3.63, 3.8) is 0 Å². The highest BCUT2D eigenvalue weighted by Crippen LogP contribution is 2.14. The first kappa shape index (κ1) is 15.4. The number of likely N-dealkylation sites (N-methyl/N-ethyl adjacent to an activating group) is 1. The first-order valence-corrected chi connectivity index (χ1v) is 7.83. The van der Waals surface area contributed by atoms with E-state index in [9.17, 15) is 4.79 Å². The van der Waals surface area contributed by atoms with Crippen LogP contribution in [0.25, 0.3) is 0 Å². The average molecular weight is 298 g/mol. The molecular weight excluding hydrogens is 276 g/mol. The van der Waals surface area contributed by atoms with E-state index in [-0.39, 0.29) is 12.0 Å². The highest BCUT2D eigenvalue weighted by molar-refractivity contribution is 7.09. The predicted molar refractivity (Wildman–Crippen MR) is 77.7 cm³/mol. The van der Waals surface area contributed by atoms with Crippen LogP contribution in [0.2, 0.25) is 0 Å². The van der Waals surface area contributed by atoms with Gasteiger partial charge < -0.3 is 14.4 Å². The standard InChI is InChI=1S/C14H22N2O3S/c1-10(19-8-13-5-4-6-18-13)14(17)16(3)7-12-9-20-11(2)15-12/h9-10,13H,4-8H2,1-3H3. The van der Waals surface area contributed by atoms with Crippen molar-refractivity contribution in [3.8, 4) is 0 Å². The molecule has 2 heterocycles. The number of hydrogen-bond acceptors (Lipinski definition) is 5. The van der Waals surface area contributed by atoms with Gasteiger partial charge in [0.05, 0.1) is 30.0 Å². The Kier molecular flexibility index (Phi) is 5.51. The Hall–Kier alpha value is -0.980. The van der Waals surface area contributed by atoms with Gasteiger partial charge in [0.1, 0.15) is 6.10 Å². The van der Waals surface area contributed by atoms with E-state index in [1.807, 2.05) is 12.3 Å². The van der Waals surface area contributed by atoms with E-state index in [1.54, 1.807) is 30.2 Å². The van der Waals surface area contributed by atoms with Crippen LogP contribution in [-0.4, -0.2) is 48.3 Å². The van der Waals surface area contributed by atoms with Crippen LogP contribution in [0.3, 0.4) is 0 Å². The first-order valence-electron chi connectivity index (χ1n) is 6.95. The van der Waals surface area contributed by atoms with Gasteiger partial charge in [0, 0.05) is 19.0 Å². The van der Waals surface area contributed by atoms with E-state index >= 15 is 0 Å². The van der Waals surface area contributed by atoms with E-state index < -0.39 is 6.10 Å². The molecule has 0 aliphatic carbocycles. The third-order valence-corrected chi connectivity index (χ3v) is 4.17. The number of hydrogen-bond donors (Lipinski definition) is 0. The van der Waals surface area contributed by atoms with Crippen LogP contribution < -0.4 is 0 Å². The van der Waals surface area contributed by atoms with Crippen LogP contribution in [0.15, 0.2) is 5.38 Å². The summed E-state index contributed by atoms with van der Waals surface area (Å²) in [4.78, 5) is 18.2. The zero-order chi connectivity index (χ0) is 14.5. The summed E-state index contributed by atoms with van der Waals surface area (Å²) in [5.74, 6) is -0.0198. The van der Waals surface area contributed by atoms with Crippen molar-refractivity contribution in [2.24, 2.45) is 0 Å². The van der Waals surface area contributed by atoms with Crippen LogP contribution in [0.1, 0.15) is 30.5 Å². The van der Waals surface area contributed by atoms with Crippen molar-refractivity contribution < 1.29 is 14.3 Å². The van der Waals surface area contributed by atoms with Crippen LogP contribution >= 0.6 is 11.3 Å². The molecule has 0 saturated carbocycles. The van der Waals surface area contributed by atoms with E-state index in [4.69, 9.17) is 9.47 Å². The minimum absolute atomic E-state index is 0.0198. The highest BCUT2D eigenvalue weighted by atomic mass is 32.1. The van der Waals surface area contributed by atoms with Gasteiger partial charge in [-0.1, -0.05) is 0 Å². The molecule has 0 radical (unpaired) electrons. The minimum Gasteiger partial charge on any atom is -0.376 e. The summed E-state index contributed by atoms with van der Waals surface area (Å²) in [7, 11) is 1.78. The fourth-order valence-corrected chi connectivity index (χ4v) is 2.81. The molecule has 0 spiro atoms. The Morgan fingerprint density at radius 1 is 1.70 bits per heavy atom. The maximum absolute atomic E-state index is 12.2. The van der Waals surface area contributed by atoms with Crippen molar-refractivity contribution in [2.45, 2.75) is 45.4 Å². The van der Waals surface area contributed by atoms with Gasteiger partial charge in [0.15, 0.2) is 0 Å². The van der Waals surface area contributed by atoms with Crippen molar-refractivity contribution in [1.29, 1.82) is 0 Å². The van der Waals surface area contributed by atoms with Gasteiger partial charge in [-0.15, -0.1) is 11.3 Å². The monoisotopic (exact) mass is 298 g/mol. The second kappa shape index (κ2) is 7.15. The summed E-state index contributed by atoms with van der Waals surface area (Å²) < 4.78 is 11.1. The Balaban J connectivity index is 1.76. The zero-order valence-electron chi connectivity index (χ0n) is 12.3. The topological polar surface area (TPSA) is 51.7 Å². The van der Waals surface area contributed by atoms with Gasteiger partial charge in [-0.25, -0.2) is 4.98 Å². The number of ether oxygens (including phenoxy) is 2. The SMILES string of the molecule is Cc1nc(CN(C)C(=O)C(C)OCC2CCCO2)cs1. The number of carbonyl (C=O) groups is 1. The molecule has 2 atom stereocenters. The molecule has 112 valence electrons. The molecular formula is C14H22N2O3S. The number of thiazole rings is 1. The molecule has 2 rings (SSSR count). The average Bonchev–Trinajstić information content (AvgIpc) is 3.06. The van der Waals surface area contributed by atoms with Crippen molar-refractivity contribution >= 4 is 17.2 Å². The second-order valence-corrected chi connectivity index (χ2v) is 6.22. The minimum atomic E-state index is -0.441. The Bertz CT molecular complexity index is 443. The third kappa shape index (κ3) is 4.26. The van der Waals surface area contributed by atoms with E-state index in [1.165, 1.54) is 0 Å². The highest BCUT2D eigenvalue weighted by Gasteiger charge is 2.22. The maximum Gasteiger partial charge on any atom is 0.251 e. The molecule has 1 aliphatic rings. The molecule has 1 saturated heterocycles. The summed E-state index contributed by atoms with van der Waals surface area (Å²) in [6.45, 7) is 5.58. The molecule has 1 fully saturated rings. The number of nitrogens with zero attached hydrogens (tertiary/aromatic N) is 2. The molecule has 0 aromatic carbocycles. The lowest BCUT2D eigenvalue weighted by atomic mass is 10.2. The summed E-state index contributed by atoms with van der Waals surface area (Å²) in [6.07, 6.45) is 1.81. The molecule has 2 unspecified atom stereocenters. The van der Waals surface area contributed by atoms with Gasteiger partial charge in [-0.3, -0.25) is 4.79 Å². The number of rotatable bonds is 6. The largest absolute Gasteiger partial charge is 0.376 e. The second-order valence-electron chi connectivity index (χ2n) is 5.16. The predicted octanol–water partition coefficient (Wildman–Crippen LogP) is 1.99. The van der Waals surface area contributed by atoms with Crippen LogP contribution in [0.4, 0.5) is 0 Å². The summed E-state index contributed by atoms with van der Waals surface area (Å²) in [6, 6.07) is 0. The zero-order valence-corrected chi connectivity index (χ0v) is 13.1. The summed E-state index contributed by atoms with van der Waals surface area (Å²) in [5, 5.41) is 3.00. The summed E-state index contributed by atoms with van der Waals surface area (Å²) >= 11 is 1.60. The van der Waals surface area contributed by atoms with Crippen molar-refractivity contribution in [3.05, 3.63) is 16.1 Å². The number of carbonyl (C=O) groups excluding carboxylic acids is 1. The first-order chi connectivity index (χ1) is 9.56. The van der Waals surface area contributed by atoms with Crippen LogP contribution in [0.5, 0.6) is 0 Å². The van der Waals surface area contributed by atoms with E-state index in [0.29, 0.717) is 13.2 Å². The quantitative estimate of drug-likeness (QED) is 0.806. The molecule has 0 bridgehead atoms. The summed E-state index contributed by atoms with van der Waals surface area (Å²) in [5.41, 5.74) is 0.926.